The number of para-hydroxylation sites is 1. The van der Waals surface area contributed by atoms with Gasteiger partial charge in [-0.2, -0.15) is 5.10 Å². The SMILES string of the molecule is COc1cn(-c2ccccc2)nc1C(=O)OCC(=O)Nc1cc(C)cc(C)c1. The molecule has 0 spiro atoms. The lowest BCUT2D eigenvalue weighted by molar-refractivity contribution is -0.119. The lowest BCUT2D eigenvalue weighted by Gasteiger charge is -2.08. The van der Waals surface area contributed by atoms with E-state index in [-0.39, 0.29) is 11.4 Å². The van der Waals surface area contributed by atoms with Crippen molar-refractivity contribution in [3.63, 3.8) is 0 Å². The van der Waals surface area contributed by atoms with E-state index in [0.717, 1.165) is 16.8 Å². The first-order valence-electron chi connectivity index (χ1n) is 8.70. The van der Waals surface area contributed by atoms with Crippen LogP contribution in [0.5, 0.6) is 5.75 Å². The van der Waals surface area contributed by atoms with Crippen molar-refractivity contribution >= 4 is 17.6 Å². The minimum absolute atomic E-state index is 0.00514. The molecule has 1 N–H and O–H groups in total. The van der Waals surface area contributed by atoms with Gasteiger partial charge in [-0.1, -0.05) is 24.3 Å². The smallest absolute Gasteiger partial charge is 0.363 e. The molecule has 2 aromatic carbocycles. The summed E-state index contributed by atoms with van der Waals surface area (Å²) in [5.41, 5.74) is 3.49. The number of carbonyl (C=O) groups is 2. The molecule has 1 heterocycles. The second kappa shape index (κ2) is 8.39. The average molecular weight is 379 g/mol. The first-order chi connectivity index (χ1) is 13.5. The first kappa shape index (κ1) is 19.2. The van der Waals surface area contributed by atoms with Crippen LogP contribution in [-0.2, 0) is 9.53 Å². The molecular formula is C21H21N3O4. The van der Waals surface area contributed by atoms with Crippen LogP contribution >= 0.6 is 0 Å². The van der Waals surface area contributed by atoms with Crippen LogP contribution in [0, 0.1) is 13.8 Å². The van der Waals surface area contributed by atoms with Gasteiger partial charge in [-0.25, -0.2) is 9.48 Å². The number of carbonyl (C=O) groups excluding carboxylic acids is 2. The molecule has 0 aliphatic heterocycles. The lowest BCUT2D eigenvalue weighted by Crippen LogP contribution is -2.21. The zero-order chi connectivity index (χ0) is 20.1. The van der Waals surface area contributed by atoms with Gasteiger partial charge in [-0.05, 0) is 49.2 Å². The van der Waals surface area contributed by atoms with E-state index in [1.54, 1.807) is 6.20 Å². The van der Waals surface area contributed by atoms with Gasteiger partial charge in [0.2, 0.25) is 5.69 Å². The molecule has 7 heteroatoms. The van der Waals surface area contributed by atoms with Gasteiger partial charge in [-0.3, -0.25) is 4.79 Å². The normalized spacial score (nSPS) is 10.4. The molecule has 1 aromatic heterocycles. The van der Waals surface area contributed by atoms with E-state index in [0.29, 0.717) is 5.69 Å². The van der Waals surface area contributed by atoms with Gasteiger partial charge in [0.25, 0.3) is 5.91 Å². The second-order valence-corrected chi connectivity index (χ2v) is 6.33. The largest absolute Gasteiger partial charge is 0.493 e. The van der Waals surface area contributed by atoms with Gasteiger partial charge in [0.1, 0.15) is 0 Å². The van der Waals surface area contributed by atoms with Crippen LogP contribution in [0.1, 0.15) is 21.6 Å². The highest BCUT2D eigenvalue weighted by molar-refractivity contribution is 5.95. The summed E-state index contributed by atoms with van der Waals surface area (Å²) in [5.74, 6) is -0.898. The molecule has 28 heavy (non-hydrogen) atoms. The molecule has 3 aromatic rings. The van der Waals surface area contributed by atoms with Gasteiger partial charge in [-0.15, -0.1) is 0 Å². The molecule has 0 saturated carbocycles. The fraction of sp³-hybridized carbons (Fsp3) is 0.190. The highest BCUT2D eigenvalue weighted by atomic mass is 16.5. The second-order valence-electron chi connectivity index (χ2n) is 6.33. The molecule has 0 saturated heterocycles. The summed E-state index contributed by atoms with van der Waals surface area (Å²) >= 11 is 0. The van der Waals surface area contributed by atoms with Crippen LogP contribution in [0.3, 0.4) is 0 Å². The molecular weight excluding hydrogens is 358 g/mol. The van der Waals surface area contributed by atoms with Crippen LogP contribution in [0.4, 0.5) is 5.69 Å². The van der Waals surface area contributed by atoms with Crippen molar-refractivity contribution < 1.29 is 19.1 Å². The molecule has 3 rings (SSSR count). The van der Waals surface area contributed by atoms with E-state index in [4.69, 9.17) is 9.47 Å². The van der Waals surface area contributed by atoms with Crippen molar-refractivity contribution in [1.82, 2.24) is 9.78 Å². The van der Waals surface area contributed by atoms with Crippen LogP contribution in [0.2, 0.25) is 0 Å². The first-order valence-corrected chi connectivity index (χ1v) is 8.70. The summed E-state index contributed by atoms with van der Waals surface area (Å²) in [4.78, 5) is 24.5. The summed E-state index contributed by atoms with van der Waals surface area (Å²) in [6.45, 7) is 3.46. The number of aromatic nitrogens is 2. The zero-order valence-corrected chi connectivity index (χ0v) is 15.9. The van der Waals surface area contributed by atoms with Crippen LogP contribution < -0.4 is 10.1 Å². The monoisotopic (exact) mass is 379 g/mol. The number of nitrogens with one attached hydrogen (secondary N) is 1. The highest BCUT2D eigenvalue weighted by Crippen LogP contribution is 2.20. The van der Waals surface area contributed by atoms with Gasteiger partial charge in [0.15, 0.2) is 12.4 Å². The minimum atomic E-state index is -0.734. The third-order valence-corrected chi connectivity index (χ3v) is 3.95. The topological polar surface area (TPSA) is 82.5 Å². The Morgan fingerprint density at radius 3 is 2.39 bits per heavy atom. The Labute approximate surface area is 162 Å². The van der Waals surface area contributed by atoms with E-state index in [2.05, 4.69) is 10.4 Å². The van der Waals surface area contributed by atoms with E-state index < -0.39 is 18.5 Å². The van der Waals surface area contributed by atoms with E-state index in [9.17, 15) is 9.59 Å². The highest BCUT2D eigenvalue weighted by Gasteiger charge is 2.21. The van der Waals surface area contributed by atoms with Gasteiger partial charge < -0.3 is 14.8 Å². The number of methoxy groups -OCH3 is 1. The fourth-order valence-electron chi connectivity index (χ4n) is 2.81. The Morgan fingerprint density at radius 2 is 1.75 bits per heavy atom. The predicted molar refractivity (Wildman–Crippen MR) is 105 cm³/mol. The van der Waals surface area contributed by atoms with Crippen LogP contribution in [-0.4, -0.2) is 35.4 Å². The van der Waals surface area contributed by atoms with Crippen molar-refractivity contribution in [1.29, 1.82) is 0 Å². The third kappa shape index (κ3) is 4.56. The number of amides is 1. The van der Waals surface area contributed by atoms with E-state index >= 15 is 0 Å². The molecule has 0 fully saturated rings. The number of aryl methyl sites for hydroxylation is 2. The standard InChI is InChI=1S/C21H21N3O4/c1-14-9-15(2)11-16(10-14)22-19(25)13-28-21(26)20-18(27-3)12-24(23-20)17-7-5-4-6-8-17/h4-12H,13H2,1-3H3,(H,22,25). The zero-order valence-electron chi connectivity index (χ0n) is 15.9. The Morgan fingerprint density at radius 1 is 1.07 bits per heavy atom. The maximum atomic E-state index is 12.4. The van der Waals surface area contributed by atoms with Gasteiger partial charge >= 0.3 is 5.97 Å². The number of esters is 1. The van der Waals surface area contributed by atoms with Crippen molar-refractivity contribution in [3.8, 4) is 11.4 Å². The maximum Gasteiger partial charge on any atom is 0.363 e. The Kier molecular flexibility index (Phi) is 5.74. The molecule has 0 radical (unpaired) electrons. The Balaban J connectivity index is 1.66. The van der Waals surface area contributed by atoms with Crippen LogP contribution in [0.15, 0.2) is 54.7 Å². The molecule has 144 valence electrons. The molecule has 1 amide bonds. The lowest BCUT2D eigenvalue weighted by atomic mass is 10.1. The average Bonchev–Trinajstić information content (AvgIpc) is 3.10. The summed E-state index contributed by atoms with van der Waals surface area (Å²) in [6, 6.07) is 15.0. The van der Waals surface area contributed by atoms with E-state index in [1.165, 1.54) is 11.8 Å². The van der Waals surface area contributed by atoms with E-state index in [1.807, 2.05) is 62.4 Å². The fourth-order valence-corrected chi connectivity index (χ4v) is 2.81. The molecule has 7 nitrogen and oxygen atoms in total. The van der Waals surface area contributed by atoms with Gasteiger partial charge in [0.05, 0.1) is 19.0 Å². The number of hydrogen-bond acceptors (Lipinski definition) is 5. The number of rotatable bonds is 6. The summed E-state index contributed by atoms with van der Waals surface area (Å²) in [7, 11) is 1.44. The Hall–Kier alpha value is -3.61. The quantitative estimate of drug-likeness (QED) is 0.665. The maximum absolute atomic E-state index is 12.4. The van der Waals surface area contributed by atoms with Gasteiger partial charge in [0, 0.05) is 5.69 Å². The number of benzene rings is 2. The number of hydrogen-bond donors (Lipinski definition) is 1. The van der Waals surface area contributed by atoms with Crippen LogP contribution in [0.25, 0.3) is 5.69 Å². The Bertz CT molecular complexity index is 976. The minimum Gasteiger partial charge on any atom is -0.493 e. The summed E-state index contributed by atoms with van der Waals surface area (Å²) in [5, 5.41) is 6.94. The summed E-state index contributed by atoms with van der Waals surface area (Å²) < 4.78 is 11.8. The van der Waals surface area contributed by atoms with Crippen molar-refractivity contribution in [2.45, 2.75) is 13.8 Å². The number of nitrogens with zero attached hydrogens (tertiary/aromatic N) is 2. The molecule has 0 atom stereocenters. The predicted octanol–water partition coefficient (Wildman–Crippen LogP) is 3.29. The molecule has 0 bridgehead atoms. The number of anilines is 1. The summed E-state index contributed by atoms with van der Waals surface area (Å²) in [6.07, 6.45) is 1.58. The molecule has 0 aliphatic rings. The van der Waals surface area contributed by atoms with Crippen molar-refractivity contribution in [2.75, 3.05) is 19.0 Å². The van der Waals surface area contributed by atoms with Crippen molar-refractivity contribution in [2.24, 2.45) is 0 Å². The van der Waals surface area contributed by atoms with Crippen molar-refractivity contribution in [3.05, 3.63) is 71.5 Å². The molecule has 0 aliphatic carbocycles. The molecule has 0 unspecified atom stereocenters. The number of ether oxygens (including phenoxy) is 2. The third-order valence-electron chi connectivity index (χ3n) is 3.95.